The van der Waals surface area contributed by atoms with Crippen LogP contribution in [0.1, 0.15) is 47.6 Å². The monoisotopic (exact) mass is 345 g/mol. The second-order valence-corrected chi connectivity index (χ2v) is 6.29. The van der Waals surface area contributed by atoms with Gasteiger partial charge in [0.25, 0.3) is 5.91 Å². The third kappa shape index (κ3) is 3.98. The Bertz CT molecular complexity index is 726. The molecular weight excluding hydrogens is 324 g/mol. The first-order chi connectivity index (χ1) is 12.1. The minimum absolute atomic E-state index is 0.0536. The molecule has 2 aromatic rings. The predicted molar refractivity (Wildman–Crippen MR) is 91.6 cm³/mol. The van der Waals surface area contributed by atoms with Crippen LogP contribution in [0.2, 0.25) is 0 Å². The number of rotatable bonds is 3. The number of ether oxygens (including phenoxy) is 1. The van der Waals surface area contributed by atoms with Crippen molar-refractivity contribution in [1.82, 2.24) is 4.90 Å². The van der Waals surface area contributed by atoms with Crippen LogP contribution in [0.3, 0.4) is 0 Å². The highest BCUT2D eigenvalue weighted by molar-refractivity contribution is 5.94. The number of benzene rings is 2. The Morgan fingerprint density at radius 3 is 2.36 bits per heavy atom. The van der Waals surface area contributed by atoms with Gasteiger partial charge in [-0.15, -0.1) is 0 Å². The van der Waals surface area contributed by atoms with Crippen molar-refractivity contribution in [2.45, 2.75) is 31.7 Å². The fourth-order valence-corrected chi connectivity index (χ4v) is 3.37. The van der Waals surface area contributed by atoms with Gasteiger partial charge < -0.3 is 9.64 Å². The molecule has 2 aromatic carbocycles. The molecule has 25 heavy (non-hydrogen) atoms. The molecule has 132 valence electrons. The van der Waals surface area contributed by atoms with E-state index < -0.39 is 11.6 Å². The SMILES string of the molecule is COc1ccc(C2CCCCCN2C(=O)c2cc(F)cc(F)c2)cc1. The normalized spacial score (nSPS) is 17.9. The van der Waals surface area contributed by atoms with Crippen LogP contribution in [0.25, 0.3) is 0 Å². The van der Waals surface area contributed by atoms with Crippen LogP contribution < -0.4 is 4.74 Å². The van der Waals surface area contributed by atoms with Crippen LogP contribution in [0.15, 0.2) is 42.5 Å². The van der Waals surface area contributed by atoms with E-state index in [1.165, 1.54) is 0 Å². The van der Waals surface area contributed by atoms with Gasteiger partial charge in [0, 0.05) is 18.2 Å². The van der Waals surface area contributed by atoms with Crippen molar-refractivity contribution in [3.05, 3.63) is 65.2 Å². The van der Waals surface area contributed by atoms with E-state index in [-0.39, 0.29) is 17.5 Å². The second kappa shape index (κ2) is 7.64. The number of halogens is 2. The molecular formula is C20H21F2NO2. The average molecular weight is 345 g/mol. The van der Waals surface area contributed by atoms with E-state index >= 15 is 0 Å². The van der Waals surface area contributed by atoms with E-state index in [0.717, 1.165) is 55.2 Å². The number of amides is 1. The van der Waals surface area contributed by atoms with Gasteiger partial charge in [-0.2, -0.15) is 0 Å². The van der Waals surface area contributed by atoms with E-state index in [1.54, 1.807) is 12.0 Å². The number of methoxy groups -OCH3 is 1. The zero-order valence-corrected chi connectivity index (χ0v) is 14.2. The van der Waals surface area contributed by atoms with Gasteiger partial charge in [0.05, 0.1) is 13.2 Å². The fourth-order valence-electron chi connectivity index (χ4n) is 3.37. The molecule has 0 N–H and O–H groups in total. The van der Waals surface area contributed by atoms with Gasteiger partial charge in [0.15, 0.2) is 0 Å². The summed E-state index contributed by atoms with van der Waals surface area (Å²) in [5, 5.41) is 0. The zero-order valence-electron chi connectivity index (χ0n) is 14.2. The lowest BCUT2D eigenvalue weighted by molar-refractivity contribution is 0.0680. The summed E-state index contributed by atoms with van der Waals surface area (Å²) in [4.78, 5) is 14.7. The lowest BCUT2D eigenvalue weighted by Gasteiger charge is -2.30. The quantitative estimate of drug-likeness (QED) is 0.805. The van der Waals surface area contributed by atoms with E-state index in [9.17, 15) is 13.6 Å². The van der Waals surface area contributed by atoms with Gasteiger partial charge in [-0.1, -0.05) is 25.0 Å². The standard InChI is InChI=1S/C20H21F2NO2/c1-25-18-8-6-14(7-9-18)19-5-3-2-4-10-23(19)20(24)15-11-16(21)13-17(22)12-15/h6-9,11-13,19H,2-5,10H2,1H3. The maximum absolute atomic E-state index is 13.5. The molecule has 0 aromatic heterocycles. The van der Waals surface area contributed by atoms with Crippen LogP contribution in [-0.4, -0.2) is 24.5 Å². The van der Waals surface area contributed by atoms with Crippen LogP contribution in [0.5, 0.6) is 5.75 Å². The number of likely N-dealkylation sites (tertiary alicyclic amines) is 1. The Morgan fingerprint density at radius 1 is 1.04 bits per heavy atom. The summed E-state index contributed by atoms with van der Waals surface area (Å²) in [6.07, 6.45) is 3.76. The molecule has 1 saturated heterocycles. The minimum atomic E-state index is -0.737. The van der Waals surface area contributed by atoms with Gasteiger partial charge in [-0.05, 0) is 42.7 Å². The maximum Gasteiger partial charge on any atom is 0.254 e. The van der Waals surface area contributed by atoms with Crippen LogP contribution in [-0.2, 0) is 0 Å². The highest BCUT2D eigenvalue weighted by atomic mass is 19.1. The van der Waals surface area contributed by atoms with Gasteiger partial charge in [0.2, 0.25) is 0 Å². The highest BCUT2D eigenvalue weighted by Gasteiger charge is 2.28. The number of nitrogens with zero attached hydrogens (tertiary/aromatic N) is 1. The van der Waals surface area contributed by atoms with Crippen molar-refractivity contribution >= 4 is 5.91 Å². The predicted octanol–water partition coefficient (Wildman–Crippen LogP) is 4.73. The largest absolute Gasteiger partial charge is 0.497 e. The molecule has 0 saturated carbocycles. The highest BCUT2D eigenvalue weighted by Crippen LogP contribution is 2.32. The van der Waals surface area contributed by atoms with Crippen molar-refractivity contribution < 1.29 is 18.3 Å². The molecule has 1 atom stereocenters. The smallest absolute Gasteiger partial charge is 0.254 e. The third-order valence-electron chi connectivity index (χ3n) is 4.62. The Morgan fingerprint density at radius 2 is 1.72 bits per heavy atom. The molecule has 0 radical (unpaired) electrons. The van der Waals surface area contributed by atoms with E-state index in [4.69, 9.17) is 4.74 Å². The molecule has 0 spiro atoms. The first-order valence-corrected chi connectivity index (χ1v) is 8.49. The molecule has 3 rings (SSSR count). The van der Waals surface area contributed by atoms with E-state index in [1.807, 2.05) is 24.3 Å². The number of hydrogen-bond acceptors (Lipinski definition) is 2. The van der Waals surface area contributed by atoms with Gasteiger partial charge in [-0.3, -0.25) is 4.79 Å². The van der Waals surface area contributed by atoms with Gasteiger partial charge in [0.1, 0.15) is 17.4 Å². The Kier molecular flexibility index (Phi) is 5.31. The van der Waals surface area contributed by atoms with Crippen molar-refractivity contribution in [3.63, 3.8) is 0 Å². The zero-order chi connectivity index (χ0) is 17.8. The lowest BCUT2D eigenvalue weighted by atomic mass is 10.00. The summed E-state index contributed by atoms with van der Waals surface area (Å²) in [6.45, 7) is 0.577. The molecule has 3 nitrogen and oxygen atoms in total. The Hall–Kier alpha value is -2.43. The Balaban J connectivity index is 1.92. The van der Waals surface area contributed by atoms with Gasteiger partial charge in [-0.25, -0.2) is 8.78 Å². The average Bonchev–Trinajstić information content (AvgIpc) is 2.86. The molecule has 5 heteroatoms. The maximum atomic E-state index is 13.5. The molecule has 1 heterocycles. The Labute approximate surface area is 146 Å². The summed E-state index contributed by atoms with van der Waals surface area (Å²) < 4.78 is 32.2. The molecule has 1 amide bonds. The van der Waals surface area contributed by atoms with Crippen LogP contribution in [0, 0.1) is 11.6 Å². The number of carbonyl (C=O) groups is 1. The summed E-state index contributed by atoms with van der Waals surface area (Å²) in [6, 6.07) is 10.5. The van der Waals surface area contributed by atoms with E-state index in [0.29, 0.717) is 6.54 Å². The van der Waals surface area contributed by atoms with Crippen LogP contribution >= 0.6 is 0 Å². The minimum Gasteiger partial charge on any atom is -0.497 e. The third-order valence-corrected chi connectivity index (χ3v) is 4.62. The fraction of sp³-hybridized carbons (Fsp3) is 0.350. The summed E-state index contributed by atoms with van der Waals surface area (Å²) in [5.74, 6) is -1.05. The molecule has 1 unspecified atom stereocenters. The molecule has 0 aliphatic carbocycles. The first-order valence-electron chi connectivity index (χ1n) is 8.49. The van der Waals surface area contributed by atoms with E-state index in [2.05, 4.69) is 0 Å². The van der Waals surface area contributed by atoms with Crippen molar-refractivity contribution in [2.24, 2.45) is 0 Å². The first kappa shape index (κ1) is 17.4. The van der Waals surface area contributed by atoms with Crippen molar-refractivity contribution in [1.29, 1.82) is 0 Å². The number of carbonyl (C=O) groups excluding carboxylic acids is 1. The van der Waals surface area contributed by atoms with Gasteiger partial charge >= 0.3 is 0 Å². The summed E-state index contributed by atoms with van der Waals surface area (Å²) in [5.41, 5.74) is 1.06. The molecule has 1 aliphatic rings. The number of hydrogen-bond donors (Lipinski definition) is 0. The van der Waals surface area contributed by atoms with Crippen LogP contribution in [0.4, 0.5) is 8.78 Å². The summed E-state index contributed by atoms with van der Waals surface area (Å²) >= 11 is 0. The van der Waals surface area contributed by atoms with Crippen molar-refractivity contribution in [3.8, 4) is 5.75 Å². The topological polar surface area (TPSA) is 29.5 Å². The molecule has 0 bridgehead atoms. The molecule has 1 fully saturated rings. The lowest BCUT2D eigenvalue weighted by Crippen LogP contribution is -2.35. The second-order valence-electron chi connectivity index (χ2n) is 6.29. The molecule has 1 aliphatic heterocycles. The van der Waals surface area contributed by atoms with Crippen molar-refractivity contribution in [2.75, 3.05) is 13.7 Å². The summed E-state index contributed by atoms with van der Waals surface area (Å²) in [7, 11) is 1.61.